The fourth-order valence-corrected chi connectivity index (χ4v) is 1.52. The smallest absolute Gasteiger partial charge is 0.316 e. The Morgan fingerprint density at radius 3 is 2.50 bits per heavy atom. The highest BCUT2D eigenvalue weighted by atomic mass is 32.2. The summed E-state index contributed by atoms with van der Waals surface area (Å²) < 4.78 is 0. The number of aliphatic carboxylic acids is 1. The van der Waals surface area contributed by atoms with E-state index in [1.165, 1.54) is 11.8 Å². The molecule has 0 aliphatic rings. The van der Waals surface area contributed by atoms with Gasteiger partial charge in [0.15, 0.2) is 0 Å². The van der Waals surface area contributed by atoms with E-state index in [0.29, 0.717) is 0 Å². The van der Waals surface area contributed by atoms with Gasteiger partial charge in [-0.05, 0) is 18.6 Å². The zero-order valence-corrected chi connectivity index (χ0v) is 7.28. The van der Waals surface area contributed by atoms with Gasteiger partial charge in [-0.1, -0.05) is 13.8 Å². The highest BCUT2D eigenvalue weighted by molar-refractivity contribution is 8.00. The third-order valence-corrected chi connectivity index (χ3v) is 2.75. The molecule has 0 amide bonds. The van der Waals surface area contributed by atoms with Gasteiger partial charge in [0.1, 0.15) is 5.25 Å². The SMILES string of the molecule is CCCSC(CC)C(=O)O. The lowest BCUT2D eigenvalue weighted by atomic mass is 10.3. The van der Waals surface area contributed by atoms with E-state index >= 15 is 0 Å². The van der Waals surface area contributed by atoms with Crippen LogP contribution in [0.2, 0.25) is 0 Å². The van der Waals surface area contributed by atoms with Gasteiger partial charge >= 0.3 is 5.97 Å². The van der Waals surface area contributed by atoms with Crippen LogP contribution < -0.4 is 0 Å². The van der Waals surface area contributed by atoms with E-state index in [0.717, 1.165) is 18.6 Å². The molecule has 2 nitrogen and oxygen atoms in total. The second-order valence-electron chi connectivity index (χ2n) is 2.11. The average Bonchev–Trinajstić information content (AvgIpc) is 1.89. The highest BCUT2D eigenvalue weighted by Crippen LogP contribution is 2.14. The van der Waals surface area contributed by atoms with Crippen molar-refractivity contribution in [2.45, 2.75) is 31.9 Å². The van der Waals surface area contributed by atoms with Gasteiger partial charge in [-0.3, -0.25) is 4.79 Å². The van der Waals surface area contributed by atoms with Gasteiger partial charge in [0.05, 0.1) is 0 Å². The summed E-state index contributed by atoms with van der Waals surface area (Å²) in [6.45, 7) is 3.96. The van der Waals surface area contributed by atoms with Crippen molar-refractivity contribution in [2.24, 2.45) is 0 Å². The maximum atomic E-state index is 10.4. The quantitative estimate of drug-likeness (QED) is 0.671. The van der Waals surface area contributed by atoms with E-state index in [1.54, 1.807) is 0 Å². The third-order valence-electron chi connectivity index (χ3n) is 1.17. The minimum atomic E-state index is -0.680. The lowest BCUT2D eigenvalue weighted by Crippen LogP contribution is -2.15. The Morgan fingerprint density at radius 2 is 2.20 bits per heavy atom. The zero-order chi connectivity index (χ0) is 7.98. The van der Waals surface area contributed by atoms with Gasteiger partial charge in [-0.2, -0.15) is 0 Å². The Labute approximate surface area is 66.0 Å². The van der Waals surface area contributed by atoms with E-state index in [-0.39, 0.29) is 5.25 Å². The van der Waals surface area contributed by atoms with Crippen LogP contribution in [0, 0.1) is 0 Å². The third kappa shape index (κ3) is 3.77. The summed E-state index contributed by atoms with van der Waals surface area (Å²) in [5.74, 6) is 0.270. The molecule has 10 heavy (non-hydrogen) atoms. The van der Waals surface area contributed by atoms with Gasteiger partial charge in [0.25, 0.3) is 0 Å². The number of carboxylic acids is 1. The minimum absolute atomic E-state index is 0.194. The van der Waals surface area contributed by atoms with Crippen LogP contribution in [0.1, 0.15) is 26.7 Å². The number of thioether (sulfide) groups is 1. The second-order valence-corrected chi connectivity index (χ2v) is 3.42. The van der Waals surface area contributed by atoms with Gasteiger partial charge in [-0.25, -0.2) is 0 Å². The van der Waals surface area contributed by atoms with Crippen LogP contribution in [0.3, 0.4) is 0 Å². The van der Waals surface area contributed by atoms with Crippen LogP contribution in [-0.4, -0.2) is 22.1 Å². The first-order chi connectivity index (χ1) is 4.72. The van der Waals surface area contributed by atoms with Crippen molar-refractivity contribution in [1.29, 1.82) is 0 Å². The normalized spacial score (nSPS) is 13.0. The van der Waals surface area contributed by atoms with Crippen molar-refractivity contribution >= 4 is 17.7 Å². The largest absolute Gasteiger partial charge is 0.480 e. The Balaban J connectivity index is 3.50. The molecule has 1 unspecified atom stereocenters. The molecule has 0 saturated carbocycles. The molecule has 3 heteroatoms. The van der Waals surface area contributed by atoms with E-state index in [2.05, 4.69) is 6.92 Å². The predicted molar refractivity (Wildman–Crippen MR) is 44.5 cm³/mol. The molecule has 0 bridgehead atoms. The van der Waals surface area contributed by atoms with Crippen molar-refractivity contribution in [1.82, 2.24) is 0 Å². The van der Waals surface area contributed by atoms with E-state index in [1.807, 2.05) is 6.92 Å². The van der Waals surface area contributed by atoms with Crippen LogP contribution in [0.25, 0.3) is 0 Å². The fraction of sp³-hybridized carbons (Fsp3) is 0.857. The Hall–Kier alpha value is -0.180. The van der Waals surface area contributed by atoms with Gasteiger partial charge in [-0.15, -0.1) is 11.8 Å². The van der Waals surface area contributed by atoms with Crippen LogP contribution >= 0.6 is 11.8 Å². The van der Waals surface area contributed by atoms with Crippen LogP contribution in [0.5, 0.6) is 0 Å². The van der Waals surface area contributed by atoms with Crippen molar-refractivity contribution in [2.75, 3.05) is 5.75 Å². The molecule has 0 aromatic rings. The number of hydrogen-bond donors (Lipinski definition) is 1. The molecule has 0 radical (unpaired) electrons. The predicted octanol–water partition coefficient (Wildman–Crippen LogP) is 1.99. The van der Waals surface area contributed by atoms with Crippen LogP contribution in [0.15, 0.2) is 0 Å². The molecule has 1 N–H and O–H groups in total. The van der Waals surface area contributed by atoms with E-state index in [9.17, 15) is 4.79 Å². The molecule has 0 aromatic carbocycles. The summed E-state index contributed by atoms with van der Waals surface area (Å²) >= 11 is 1.53. The van der Waals surface area contributed by atoms with Crippen molar-refractivity contribution < 1.29 is 9.90 Å². The van der Waals surface area contributed by atoms with Crippen molar-refractivity contribution in [3.05, 3.63) is 0 Å². The molecular weight excluding hydrogens is 148 g/mol. The second kappa shape index (κ2) is 5.59. The minimum Gasteiger partial charge on any atom is -0.480 e. The molecule has 60 valence electrons. The topological polar surface area (TPSA) is 37.3 Å². The number of carboxylic acid groups (broad SMARTS) is 1. The zero-order valence-electron chi connectivity index (χ0n) is 6.46. The van der Waals surface area contributed by atoms with Crippen LogP contribution in [0.4, 0.5) is 0 Å². The number of rotatable bonds is 5. The molecule has 0 aromatic heterocycles. The first-order valence-corrected chi connectivity index (χ1v) is 4.61. The summed E-state index contributed by atoms with van der Waals surface area (Å²) in [6.07, 6.45) is 1.77. The maximum Gasteiger partial charge on any atom is 0.316 e. The Morgan fingerprint density at radius 1 is 1.60 bits per heavy atom. The van der Waals surface area contributed by atoms with E-state index < -0.39 is 5.97 Å². The first kappa shape index (κ1) is 9.82. The molecule has 1 atom stereocenters. The van der Waals surface area contributed by atoms with Crippen LogP contribution in [-0.2, 0) is 4.79 Å². The lowest BCUT2D eigenvalue weighted by molar-refractivity contribution is -0.136. The fourth-order valence-electron chi connectivity index (χ4n) is 0.624. The monoisotopic (exact) mass is 162 g/mol. The first-order valence-electron chi connectivity index (χ1n) is 3.56. The average molecular weight is 162 g/mol. The Kier molecular flexibility index (Phi) is 5.49. The molecule has 0 fully saturated rings. The highest BCUT2D eigenvalue weighted by Gasteiger charge is 2.13. The van der Waals surface area contributed by atoms with E-state index in [4.69, 9.17) is 5.11 Å². The molecular formula is C7H14O2S. The summed E-state index contributed by atoms with van der Waals surface area (Å²) in [6, 6.07) is 0. The Bertz CT molecular complexity index is 104. The standard InChI is InChI=1S/C7H14O2S/c1-3-5-10-6(4-2)7(8)9/h6H,3-5H2,1-2H3,(H,8,9). The molecule has 0 saturated heterocycles. The van der Waals surface area contributed by atoms with Crippen molar-refractivity contribution in [3.63, 3.8) is 0 Å². The number of carbonyl (C=O) groups is 1. The summed E-state index contributed by atoms with van der Waals surface area (Å²) in [4.78, 5) is 10.4. The molecule has 0 aliphatic heterocycles. The van der Waals surface area contributed by atoms with Gasteiger partial charge in [0.2, 0.25) is 0 Å². The molecule has 0 aliphatic carbocycles. The maximum absolute atomic E-state index is 10.4. The summed E-state index contributed by atoms with van der Waals surface area (Å²) in [7, 11) is 0. The molecule has 0 rings (SSSR count). The molecule has 0 spiro atoms. The lowest BCUT2D eigenvalue weighted by Gasteiger charge is -2.06. The number of hydrogen-bond acceptors (Lipinski definition) is 2. The van der Waals surface area contributed by atoms with Gasteiger partial charge in [0, 0.05) is 0 Å². The summed E-state index contributed by atoms with van der Waals surface area (Å²) in [5.41, 5.74) is 0. The summed E-state index contributed by atoms with van der Waals surface area (Å²) in [5, 5.41) is 8.38. The molecule has 0 heterocycles. The van der Waals surface area contributed by atoms with Gasteiger partial charge < -0.3 is 5.11 Å². The van der Waals surface area contributed by atoms with Crippen molar-refractivity contribution in [3.8, 4) is 0 Å².